The summed E-state index contributed by atoms with van der Waals surface area (Å²) in [7, 11) is 3.18. The SMILES string of the molecule is COc1ccc([C@H]2[C@@H](C(=O)NCC3CC3)CCC(=O)N2c2ccc(C)cc2)cc1OC. The number of nitrogens with one attached hydrogen (secondary N) is 1. The summed E-state index contributed by atoms with van der Waals surface area (Å²) in [6, 6.07) is 13.1. The third-order valence-corrected chi connectivity index (χ3v) is 6.26. The quantitative estimate of drug-likeness (QED) is 0.732. The highest BCUT2D eigenvalue weighted by atomic mass is 16.5. The Morgan fingerprint density at radius 3 is 2.39 bits per heavy atom. The van der Waals surface area contributed by atoms with Gasteiger partial charge in [-0.05, 0) is 61.9 Å². The Hall–Kier alpha value is -3.02. The van der Waals surface area contributed by atoms with Crippen LogP contribution >= 0.6 is 0 Å². The fraction of sp³-hybridized carbons (Fsp3) is 0.440. The molecule has 0 spiro atoms. The molecule has 2 atom stereocenters. The standard InChI is InChI=1S/C25H30N2O4/c1-16-4-9-19(10-5-16)27-23(28)13-11-20(25(29)26-15-17-6-7-17)24(27)18-8-12-21(30-2)22(14-18)31-3/h4-5,8-10,12,14,17,20,24H,6-7,11,13,15H2,1-3H3,(H,26,29)/t20-,24-/m0/s1. The maximum absolute atomic E-state index is 13.2. The molecule has 0 unspecified atom stereocenters. The number of hydrogen-bond acceptors (Lipinski definition) is 4. The molecule has 2 fully saturated rings. The van der Waals surface area contributed by atoms with Crippen molar-refractivity contribution in [2.75, 3.05) is 25.7 Å². The molecule has 1 aliphatic heterocycles. The van der Waals surface area contributed by atoms with Crippen LogP contribution in [0.3, 0.4) is 0 Å². The highest BCUT2D eigenvalue weighted by Crippen LogP contribution is 2.42. The largest absolute Gasteiger partial charge is 0.493 e. The highest BCUT2D eigenvalue weighted by molar-refractivity contribution is 5.97. The molecule has 6 nitrogen and oxygen atoms in total. The monoisotopic (exact) mass is 422 g/mol. The molecule has 2 aromatic carbocycles. The van der Waals surface area contributed by atoms with Crippen molar-refractivity contribution < 1.29 is 19.1 Å². The Labute approximate surface area is 183 Å². The predicted molar refractivity (Wildman–Crippen MR) is 119 cm³/mol. The van der Waals surface area contributed by atoms with E-state index in [-0.39, 0.29) is 17.7 Å². The summed E-state index contributed by atoms with van der Waals surface area (Å²) in [5.74, 6) is 1.49. The Morgan fingerprint density at radius 1 is 1.03 bits per heavy atom. The average molecular weight is 423 g/mol. The second kappa shape index (κ2) is 9.00. The molecule has 1 saturated heterocycles. The number of ether oxygens (including phenoxy) is 2. The molecule has 2 aliphatic rings. The molecule has 164 valence electrons. The maximum atomic E-state index is 13.2. The Kier molecular flexibility index (Phi) is 6.16. The van der Waals surface area contributed by atoms with Crippen LogP contribution in [0, 0.1) is 18.8 Å². The summed E-state index contributed by atoms with van der Waals surface area (Å²) in [6.07, 6.45) is 3.23. The van der Waals surface area contributed by atoms with E-state index >= 15 is 0 Å². The number of carbonyl (C=O) groups excluding carboxylic acids is 2. The number of anilines is 1. The fourth-order valence-corrected chi connectivity index (χ4v) is 4.29. The van der Waals surface area contributed by atoms with Gasteiger partial charge in [-0.3, -0.25) is 9.59 Å². The summed E-state index contributed by atoms with van der Waals surface area (Å²) < 4.78 is 10.9. The van der Waals surface area contributed by atoms with Crippen molar-refractivity contribution in [3.05, 3.63) is 53.6 Å². The average Bonchev–Trinajstić information content (AvgIpc) is 3.62. The summed E-state index contributed by atoms with van der Waals surface area (Å²) in [5.41, 5.74) is 2.78. The minimum absolute atomic E-state index is 0.0105. The molecule has 31 heavy (non-hydrogen) atoms. The van der Waals surface area contributed by atoms with E-state index in [0.717, 1.165) is 16.8 Å². The molecular weight excluding hydrogens is 392 g/mol. The number of methoxy groups -OCH3 is 2. The van der Waals surface area contributed by atoms with Crippen molar-refractivity contribution in [2.45, 2.75) is 38.6 Å². The highest BCUT2D eigenvalue weighted by Gasteiger charge is 2.42. The molecule has 2 aromatic rings. The van der Waals surface area contributed by atoms with Crippen LogP contribution in [-0.2, 0) is 9.59 Å². The van der Waals surface area contributed by atoms with E-state index in [1.807, 2.05) is 49.4 Å². The van der Waals surface area contributed by atoms with Crippen molar-refractivity contribution in [3.63, 3.8) is 0 Å². The van der Waals surface area contributed by atoms with Gasteiger partial charge in [-0.15, -0.1) is 0 Å². The van der Waals surface area contributed by atoms with Gasteiger partial charge in [0.05, 0.1) is 26.2 Å². The van der Waals surface area contributed by atoms with Crippen molar-refractivity contribution in [1.82, 2.24) is 5.32 Å². The summed E-state index contributed by atoms with van der Waals surface area (Å²) in [5, 5.41) is 3.13. The Morgan fingerprint density at radius 2 is 1.74 bits per heavy atom. The molecule has 1 saturated carbocycles. The molecule has 6 heteroatoms. The van der Waals surface area contributed by atoms with Crippen LogP contribution in [0.5, 0.6) is 11.5 Å². The molecule has 0 aromatic heterocycles. The lowest BCUT2D eigenvalue weighted by molar-refractivity contribution is -0.129. The molecule has 4 rings (SSSR count). The van der Waals surface area contributed by atoms with Gasteiger partial charge in [0.25, 0.3) is 0 Å². The number of carbonyl (C=O) groups is 2. The van der Waals surface area contributed by atoms with E-state index in [4.69, 9.17) is 9.47 Å². The van der Waals surface area contributed by atoms with Gasteiger partial charge >= 0.3 is 0 Å². The van der Waals surface area contributed by atoms with Gasteiger partial charge in [0, 0.05) is 18.7 Å². The number of hydrogen-bond donors (Lipinski definition) is 1. The van der Waals surface area contributed by atoms with Gasteiger partial charge in [0.15, 0.2) is 11.5 Å². The van der Waals surface area contributed by atoms with Gasteiger partial charge in [0.1, 0.15) is 0 Å². The number of benzene rings is 2. The zero-order valence-electron chi connectivity index (χ0n) is 18.4. The minimum Gasteiger partial charge on any atom is -0.493 e. The number of amides is 2. The van der Waals surface area contributed by atoms with E-state index in [1.165, 1.54) is 12.8 Å². The van der Waals surface area contributed by atoms with Gasteiger partial charge in [0.2, 0.25) is 11.8 Å². The first-order chi connectivity index (χ1) is 15.0. The molecule has 2 amide bonds. The second-order valence-electron chi connectivity index (χ2n) is 8.49. The van der Waals surface area contributed by atoms with Crippen LogP contribution in [0.15, 0.2) is 42.5 Å². The molecule has 1 aliphatic carbocycles. The summed E-state index contributed by atoms with van der Waals surface area (Å²) >= 11 is 0. The predicted octanol–water partition coefficient (Wildman–Crippen LogP) is 4.02. The lowest BCUT2D eigenvalue weighted by Gasteiger charge is -2.41. The maximum Gasteiger partial charge on any atom is 0.227 e. The van der Waals surface area contributed by atoms with Gasteiger partial charge in [-0.2, -0.15) is 0 Å². The van der Waals surface area contributed by atoms with Crippen LogP contribution in [0.1, 0.15) is 42.9 Å². The van der Waals surface area contributed by atoms with E-state index < -0.39 is 6.04 Å². The number of rotatable bonds is 7. The molecule has 1 N–H and O–H groups in total. The number of aryl methyl sites for hydroxylation is 1. The number of piperidine rings is 1. The van der Waals surface area contributed by atoms with E-state index in [0.29, 0.717) is 36.8 Å². The number of nitrogens with zero attached hydrogens (tertiary/aromatic N) is 1. The first-order valence-electron chi connectivity index (χ1n) is 10.9. The van der Waals surface area contributed by atoms with Crippen LogP contribution in [-0.4, -0.2) is 32.6 Å². The Balaban J connectivity index is 1.74. The van der Waals surface area contributed by atoms with Crippen LogP contribution in [0.2, 0.25) is 0 Å². The fourth-order valence-electron chi connectivity index (χ4n) is 4.29. The van der Waals surface area contributed by atoms with E-state index in [1.54, 1.807) is 19.1 Å². The zero-order chi connectivity index (χ0) is 22.0. The lowest BCUT2D eigenvalue weighted by Crippen LogP contribution is -2.48. The first-order valence-corrected chi connectivity index (χ1v) is 10.9. The normalized spacial score (nSPS) is 21.0. The lowest BCUT2D eigenvalue weighted by atomic mass is 9.83. The topological polar surface area (TPSA) is 67.9 Å². The third-order valence-electron chi connectivity index (χ3n) is 6.26. The minimum atomic E-state index is -0.414. The van der Waals surface area contributed by atoms with Gasteiger partial charge in [-0.25, -0.2) is 0 Å². The molecule has 0 bridgehead atoms. The van der Waals surface area contributed by atoms with Crippen LogP contribution < -0.4 is 19.7 Å². The van der Waals surface area contributed by atoms with Gasteiger partial charge in [-0.1, -0.05) is 23.8 Å². The molecular formula is C25H30N2O4. The first kappa shape index (κ1) is 21.2. The van der Waals surface area contributed by atoms with Crippen molar-refractivity contribution in [3.8, 4) is 11.5 Å². The van der Waals surface area contributed by atoms with Crippen molar-refractivity contribution in [2.24, 2.45) is 11.8 Å². The second-order valence-corrected chi connectivity index (χ2v) is 8.49. The van der Waals surface area contributed by atoms with E-state index in [2.05, 4.69) is 5.32 Å². The summed E-state index contributed by atoms with van der Waals surface area (Å²) in [4.78, 5) is 28.1. The van der Waals surface area contributed by atoms with Crippen LogP contribution in [0.25, 0.3) is 0 Å². The third kappa shape index (κ3) is 4.53. The van der Waals surface area contributed by atoms with Gasteiger partial charge < -0.3 is 19.7 Å². The molecule has 0 radical (unpaired) electrons. The zero-order valence-corrected chi connectivity index (χ0v) is 18.4. The van der Waals surface area contributed by atoms with Crippen LogP contribution in [0.4, 0.5) is 5.69 Å². The molecule has 1 heterocycles. The van der Waals surface area contributed by atoms with E-state index in [9.17, 15) is 9.59 Å². The summed E-state index contributed by atoms with van der Waals surface area (Å²) in [6.45, 7) is 2.73. The van der Waals surface area contributed by atoms with Crippen molar-refractivity contribution in [1.29, 1.82) is 0 Å². The van der Waals surface area contributed by atoms with Crippen molar-refractivity contribution >= 4 is 17.5 Å². The smallest absolute Gasteiger partial charge is 0.227 e. The Bertz CT molecular complexity index is 952.